The van der Waals surface area contributed by atoms with E-state index in [2.05, 4.69) is 10.5 Å². The van der Waals surface area contributed by atoms with Gasteiger partial charge in [-0.3, -0.25) is 10.2 Å². The highest BCUT2D eigenvalue weighted by Crippen LogP contribution is 2.11. The molecule has 0 aliphatic carbocycles. The molecule has 1 heterocycles. The van der Waals surface area contributed by atoms with E-state index in [0.29, 0.717) is 16.5 Å². The maximum atomic E-state index is 12.2. The Bertz CT molecular complexity index is 880. The first-order valence-corrected chi connectivity index (χ1v) is 6.86. The molecule has 2 aromatic carbocycles. The highest BCUT2D eigenvalue weighted by Gasteiger charge is 2.02. The fourth-order valence-electron chi connectivity index (χ4n) is 2.02. The number of rotatable bonds is 4. The summed E-state index contributed by atoms with van der Waals surface area (Å²) in [6.45, 7) is 0. The summed E-state index contributed by atoms with van der Waals surface area (Å²) in [5.41, 5.74) is 4.82. The molecule has 1 aromatic heterocycles. The van der Waals surface area contributed by atoms with Gasteiger partial charge in [-0.15, -0.1) is 0 Å². The number of nitrogens with zero attached hydrogens (tertiary/aromatic N) is 1. The average molecular weight is 290 g/mol. The lowest BCUT2D eigenvalue weighted by Gasteiger charge is -1.97. The average Bonchev–Trinajstić information content (AvgIpc) is 2.58. The highest BCUT2D eigenvalue weighted by molar-refractivity contribution is 5.82. The zero-order chi connectivity index (χ0) is 15.2. The molecule has 0 saturated heterocycles. The van der Waals surface area contributed by atoms with Crippen LogP contribution in [0.2, 0.25) is 0 Å². The van der Waals surface area contributed by atoms with Gasteiger partial charge in [0.2, 0.25) is 0 Å². The Labute approximate surface area is 127 Å². The molecule has 108 valence electrons. The number of anilines is 1. The maximum Gasteiger partial charge on any atom is 0.199 e. The molecule has 0 unspecified atom stereocenters. The van der Waals surface area contributed by atoms with Crippen molar-refractivity contribution in [2.75, 3.05) is 5.43 Å². The molecule has 0 fully saturated rings. The fraction of sp³-hybridized carbons (Fsp3) is 0. The van der Waals surface area contributed by atoms with Crippen LogP contribution in [0.4, 0.5) is 5.69 Å². The molecule has 4 nitrogen and oxygen atoms in total. The van der Waals surface area contributed by atoms with Crippen molar-refractivity contribution in [3.05, 3.63) is 82.7 Å². The van der Waals surface area contributed by atoms with Crippen LogP contribution in [-0.2, 0) is 0 Å². The standard InChI is InChI=1S/C18H14N2O2/c21-18-14(13-22-17-11-5-4-10-16(17)18)7-6-12-19-20-15-8-2-1-3-9-15/h1-13,20H/b7-6+,19-12?. The van der Waals surface area contributed by atoms with E-state index in [1.807, 2.05) is 42.5 Å². The zero-order valence-electron chi connectivity index (χ0n) is 11.8. The molecule has 0 spiro atoms. The molecular weight excluding hydrogens is 276 g/mol. The fourth-order valence-corrected chi connectivity index (χ4v) is 2.02. The second kappa shape index (κ2) is 6.54. The van der Waals surface area contributed by atoms with Crippen LogP contribution >= 0.6 is 0 Å². The number of benzene rings is 2. The first-order chi connectivity index (χ1) is 10.8. The molecule has 0 radical (unpaired) electrons. The summed E-state index contributed by atoms with van der Waals surface area (Å²) in [5.74, 6) is 0. The van der Waals surface area contributed by atoms with Gasteiger partial charge in [-0.05, 0) is 36.4 Å². The molecule has 3 rings (SSSR count). The Morgan fingerprint density at radius 2 is 1.77 bits per heavy atom. The van der Waals surface area contributed by atoms with Gasteiger partial charge in [0.05, 0.1) is 16.6 Å². The van der Waals surface area contributed by atoms with Crippen molar-refractivity contribution in [1.29, 1.82) is 0 Å². The monoisotopic (exact) mass is 290 g/mol. The van der Waals surface area contributed by atoms with E-state index in [0.717, 1.165) is 5.69 Å². The maximum absolute atomic E-state index is 12.2. The summed E-state index contributed by atoms with van der Waals surface area (Å²) in [4.78, 5) is 12.2. The minimum Gasteiger partial charge on any atom is -0.463 e. The van der Waals surface area contributed by atoms with E-state index in [1.165, 1.54) is 6.26 Å². The second-order valence-electron chi connectivity index (χ2n) is 4.63. The van der Waals surface area contributed by atoms with Crippen LogP contribution in [0.3, 0.4) is 0 Å². The molecule has 0 amide bonds. The van der Waals surface area contributed by atoms with E-state index in [4.69, 9.17) is 4.42 Å². The van der Waals surface area contributed by atoms with E-state index in [-0.39, 0.29) is 5.43 Å². The van der Waals surface area contributed by atoms with Crippen molar-refractivity contribution < 1.29 is 4.42 Å². The Hall–Kier alpha value is -3.14. The number of hydrogen-bond donors (Lipinski definition) is 1. The molecule has 22 heavy (non-hydrogen) atoms. The first-order valence-electron chi connectivity index (χ1n) is 6.86. The van der Waals surface area contributed by atoms with Crippen LogP contribution in [0.1, 0.15) is 5.56 Å². The smallest absolute Gasteiger partial charge is 0.199 e. The van der Waals surface area contributed by atoms with E-state index in [9.17, 15) is 4.79 Å². The van der Waals surface area contributed by atoms with E-state index >= 15 is 0 Å². The Balaban J connectivity index is 1.73. The summed E-state index contributed by atoms with van der Waals surface area (Å²) < 4.78 is 5.44. The molecule has 4 heteroatoms. The van der Waals surface area contributed by atoms with Crippen LogP contribution in [-0.4, -0.2) is 6.21 Å². The van der Waals surface area contributed by atoms with Crippen molar-refractivity contribution in [3.8, 4) is 0 Å². The Morgan fingerprint density at radius 1 is 1.00 bits per heavy atom. The number of para-hydroxylation sites is 2. The van der Waals surface area contributed by atoms with Crippen LogP contribution in [0.15, 0.2) is 81.2 Å². The lowest BCUT2D eigenvalue weighted by Crippen LogP contribution is -2.04. The van der Waals surface area contributed by atoms with Gasteiger partial charge in [0.15, 0.2) is 5.43 Å². The second-order valence-corrected chi connectivity index (χ2v) is 4.63. The van der Waals surface area contributed by atoms with Crippen molar-refractivity contribution >= 4 is 28.9 Å². The highest BCUT2D eigenvalue weighted by atomic mass is 16.3. The predicted octanol–water partition coefficient (Wildman–Crippen LogP) is 3.90. The number of fused-ring (bicyclic) bond motifs is 1. The van der Waals surface area contributed by atoms with Crippen LogP contribution in [0.25, 0.3) is 17.0 Å². The molecule has 0 saturated carbocycles. The lowest BCUT2D eigenvalue weighted by atomic mass is 10.1. The quantitative estimate of drug-likeness (QED) is 0.585. The summed E-state index contributed by atoms with van der Waals surface area (Å²) in [6, 6.07) is 16.8. The summed E-state index contributed by atoms with van der Waals surface area (Å²) in [5, 5.41) is 4.63. The van der Waals surface area contributed by atoms with E-state index in [1.54, 1.807) is 30.5 Å². The summed E-state index contributed by atoms with van der Waals surface area (Å²) in [7, 11) is 0. The normalized spacial score (nSPS) is 11.5. The van der Waals surface area contributed by atoms with Gasteiger partial charge in [-0.2, -0.15) is 5.10 Å². The third kappa shape index (κ3) is 3.12. The third-order valence-corrected chi connectivity index (χ3v) is 3.11. The van der Waals surface area contributed by atoms with Gasteiger partial charge in [-0.25, -0.2) is 0 Å². The summed E-state index contributed by atoms with van der Waals surface area (Å²) >= 11 is 0. The number of hydrazone groups is 1. The van der Waals surface area contributed by atoms with Gasteiger partial charge in [-0.1, -0.05) is 30.3 Å². The number of allylic oxidation sites excluding steroid dienone is 1. The minimum atomic E-state index is -0.0532. The van der Waals surface area contributed by atoms with Gasteiger partial charge < -0.3 is 4.42 Å². The molecule has 1 N–H and O–H groups in total. The number of hydrogen-bond acceptors (Lipinski definition) is 4. The number of nitrogens with one attached hydrogen (secondary N) is 1. The predicted molar refractivity (Wildman–Crippen MR) is 90.1 cm³/mol. The van der Waals surface area contributed by atoms with Crippen molar-refractivity contribution in [2.45, 2.75) is 0 Å². The summed E-state index contributed by atoms with van der Waals surface area (Å²) in [6.07, 6.45) is 6.41. The molecular formula is C18H14N2O2. The van der Waals surface area contributed by atoms with E-state index < -0.39 is 0 Å². The Morgan fingerprint density at radius 3 is 2.64 bits per heavy atom. The van der Waals surface area contributed by atoms with Gasteiger partial charge in [0.1, 0.15) is 11.8 Å². The van der Waals surface area contributed by atoms with Crippen molar-refractivity contribution in [1.82, 2.24) is 0 Å². The van der Waals surface area contributed by atoms with Crippen LogP contribution in [0, 0.1) is 0 Å². The van der Waals surface area contributed by atoms with Crippen molar-refractivity contribution in [2.24, 2.45) is 5.10 Å². The van der Waals surface area contributed by atoms with Crippen molar-refractivity contribution in [3.63, 3.8) is 0 Å². The molecule has 0 aliphatic heterocycles. The molecule has 0 aliphatic rings. The minimum absolute atomic E-state index is 0.0532. The molecule has 0 bridgehead atoms. The molecule has 0 atom stereocenters. The largest absolute Gasteiger partial charge is 0.463 e. The van der Waals surface area contributed by atoms with Crippen LogP contribution < -0.4 is 10.9 Å². The SMILES string of the molecule is O=c1c(/C=C/C=NNc2ccccc2)coc2ccccc12. The van der Waals surface area contributed by atoms with Crippen LogP contribution in [0.5, 0.6) is 0 Å². The zero-order valence-corrected chi connectivity index (χ0v) is 11.8. The molecule has 3 aromatic rings. The lowest BCUT2D eigenvalue weighted by molar-refractivity contribution is 0.601. The Kier molecular flexibility index (Phi) is 4.11. The van der Waals surface area contributed by atoms with Gasteiger partial charge in [0.25, 0.3) is 0 Å². The third-order valence-electron chi connectivity index (χ3n) is 3.11. The topological polar surface area (TPSA) is 54.6 Å². The van der Waals surface area contributed by atoms with Gasteiger partial charge in [0, 0.05) is 6.21 Å². The van der Waals surface area contributed by atoms with Gasteiger partial charge >= 0.3 is 0 Å². The first kappa shape index (κ1) is 13.8.